The van der Waals surface area contributed by atoms with Crippen LogP contribution in [0.3, 0.4) is 0 Å². The highest BCUT2D eigenvalue weighted by Crippen LogP contribution is 2.10. The van der Waals surface area contributed by atoms with Gasteiger partial charge in [0.25, 0.3) is 0 Å². The monoisotopic (exact) mass is 292 g/mol. The third-order valence-corrected chi connectivity index (χ3v) is 4.94. The van der Waals surface area contributed by atoms with Gasteiger partial charge >= 0.3 is 5.97 Å². The van der Waals surface area contributed by atoms with Gasteiger partial charge in [0.2, 0.25) is 5.91 Å². The standard InChI is InChI=1S/C11H20N2O5S/c1-2-19(17,18)7-3-5-13-6-4-12-11(16)9(13)8-10(14)15/h9H,2-8H2,1H3,(H,12,16)(H,14,15). The third-order valence-electron chi connectivity index (χ3n) is 3.15. The number of hydrogen-bond donors (Lipinski definition) is 2. The molecule has 0 aliphatic carbocycles. The Kier molecular flexibility index (Phi) is 5.74. The molecule has 2 N–H and O–H groups in total. The first-order chi connectivity index (χ1) is 8.85. The maximum atomic E-state index is 11.6. The summed E-state index contributed by atoms with van der Waals surface area (Å²) in [5.41, 5.74) is 0. The smallest absolute Gasteiger partial charge is 0.305 e. The second kappa shape index (κ2) is 6.85. The number of carbonyl (C=O) groups is 2. The van der Waals surface area contributed by atoms with E-state index in [4.69, 9.17) is 5.11 Å². The van der Waals surface area contributed by atoms with Gasteiger partial charge in [-0.2, -0.15) is 0 Å². The van der Waals surface area contributed by atoms with Gasteiger partial charge in [-0.15, -0.1) is 0 Å². The molecule has 1 aliphatic rings. The topological polar surface area (TPSA) is 104 Å². The van der Waals surface area contributed by atoms with E-state index in [1.807, 2.05) is 0 Å². The summed E-state index contributed by atoms with van der Waals surface area (Å²) in [5.74, 6) is -1.16. The lowest BCUT2D eigenvalue weighted by molar-refractivity contribution is -0.143. The summed E-state index contributed by atoms with van der Waals surface area (Å²) in [6, 6.07) is -0.699. The van der Waals surface area contributed by atoms with Gasteiger partial charge in [0.15, 0.2) is 0 Å². The van der Waals surface area contributed by atoms with E-state index in [0.29, 0.717) is 26.1 Å². The molecular weight excluding hydrogens is 272 g/mol. The molecule has 0 aromatic heterocycles. The Hall–Kier alpha value is -1.15. The number of hydrogen-bond acceptors (Lipinski definition) is 5. The summed E-state index contributed by atoms with van der Waals surface area (Å²) in [5, 5.41) is 11.4. The van der Waals surface area contributed by atoms with E-state index in [1.54, 1.807) is 11.8 Å². The summed E-state index contributed by atoms with van der Waals surface area (Å²) in [6.45, 7) is 3.03. The molecular formula is C11H20N2O5S. The van der Waals surface area contributed by atoms with Gasteiger partial charge in [0, 0.05) is 18.8 Å². The van der Waals surface area contributed by atoms with Crippen molar-refractivity contribution in [3.63, 3.8) is 0 Å². The summed E-state index contributed by atoms with van der Waals surface area (Å²) in [6.07, 6.45) is 0.159. The number of carboxylic acid groups (broad SMARTS) is 1. The maximum absolute atomic E-state index is 11.6. The van der Waals surface area contributed by atoms with Gasteiger partial charge in [0.05, 0.1) is 18.2 Å². The Morgan fingerprint density at radius 1 is 1.53 bits per heavy atom. The minimum atomic E-state index is -3.02. The van der Waals surface area contributed by atoms with Crippen LogP contribution in [0.25, 0.3) is 0 Å². The minimum absolute atomic E-state index is 0.0708. The van der Waals surface area contributed by atoms with E-state index in [9.17, 15) is 18.0 Å². The van der Waals surface area contributed by atoms with Gasteiger partial charge in [0.1, 0.15) is 9.84 Å². The highest BCUT2D eigenvalue weighted by atomic mass is 32.2. The van der Waals surface area contributed by atoms with E-state index in [2.05, 4.69) is 5.32 Å². The zero-order valence-corrected chi connectivity index (χ0v) is 11.8. The lowest BCUT2D eigenvalue weighted by Crippen LogP contribution is -2.56. The quantitative estimate of drug-likeness (QED) is 0.629. The van der Waals surface area contributed by atoms with Crippen molar-refractivity contribution in [3.8, 4) is 0 Å². The zero-order valence-electron chi connectivity index (χ0n) is 11.0. The van der Waals surface area contributed by atoms with Gasteiger partial charge in [-0.3, -0.25) is 14.5 Å². The highest BCUT2D eigenvalue weighted by Gasteiger charge is 2.31. The molecule has 19 heavy (non-hydrogen) atoms. The first-order valence-electron chi connectivity index (χ1n) is 6.29. The van der Waals surface area contributed by atoms with Crippen LogP contribution in [0, 0.1) is 0 Å². The molecule has 8 heteroatoms. The van der Waals surface area contributed by atoms with Crippen LogP contribution in [-0.2, 0) is 19.4 Å². The number of nitrogens with one attached hydrogen (secondary N) is 1. The molecule has 0 aromatic carbocycles. The Morgan fingerprint density at radius 3 is 2.79 bits per heavy atom. The van der Waals surface area contributed by atoms with Crippen molar-refractivity contribution in [1.82, 2.24) is 10.2 Å². The predicted molar refractivity (Wildman–Crippen MR) is 69.6 cm³/mol. The van der Waals surface area contributed by atoms with E-state index in [-0.39, 0.29) is 23.8 Å². The normalized spacial score (nSPS) is 21.1. The molecule has 1 heterocycles. The molecule has 1 atom stereocenters. The Labute approximate surface area is 112 Å². The van der Waals surface area contributed by atoms with Crippen molar-refractivity contribution in [2.45, 2.75) is 25.8 Å². The second-order valence-corrected chi connectivity index (χ2v) is 7.00. The van der Waals surface area contributed by atoms with Gasteiger partial charge in [-0.05, 0) is 13.0 Å². The van der Waals surface area contributed by atoms with E-state index in [1.165, 1.54) is 0 Å². The number of piperazine rings is 1. The number of sulfone groups is 1. The second-order valence-electron chi connectivity index (χ2n) is 4.53. The van der Waals surface area contributed by atoms with Crippen LogP contribution in [0.2, 0.25) is 0 Å². The number of carbonyl (C=O) groups excluding carboxylic acids is 1. The van der Waals surface area contributed by atoms with Crippen molar-refractivity contribution in [2.75, 3.05) is 31.1 Å². The van der Waals surface area contributed by atoms with Crippen molar-refractivity contribution >= 4 is 21.7 Å². The van der Waals surface area contributed by atoms with E-state index in [0.717, 1.165) is 0 Å². The van der Waals surface area contributed by atoms with E-state index < -0.39 is 21.8 Å². The number of nitrogens with zero attached hydrogens (tertiary/aromatic N) is 1. The molecule has 1 aliphatic heterocycles. The van der Waals surface area contributed by atoms with Gasteiger partial charge < -0.3 is 10.4 Å². The Bertz CT molecular complexity index is 434. The molecule has 7 nitrogen and oxygen atoms in total. The first kappa shape index (κ1) is 15.9. The molecule has 0 spiro atoms. The molecule has 0 radical (unpaired) electrons. The first-order valence-corrected chi connectivity index (χ1v) is 8.12. The summed E-state index contributed by atoms with van der Waals surface area (Å²) >= 11 is 0. The molecule has 1 saturated heterocycles. The van der Waals surface area contributed by atoms with Gasteiger partial charge in [-0.25, -0.2) is 8.42 Å². The molecule has 110 valence electrons. The fraction of sp³-hybridized carbons (Fsp3) is 0.818. The lowest BCUT2D eigenvalue weighted by atomic mass is 10.1. The lowest BCUT2D eigenvalue weighted by Gasteiger charge is -2.34. The molecule has 0 saturated carbocycles. The van der Waals surface area contributed by atoms with Crippen LogP contribution in [-0.4, -0.2) is 67.5 Å². The zero-order chi connectivity index (χ0) is 14.5. The largest absolute Gasteiger partial charge is 0.481 e. The molecule has 0 bridgehead atoms. The van der Waals surface area contributed by atoms with Crippen LogP contribution in [0.1, 0.15) is 19.8 Å². The summed E-state index contributed by atoms with van der Waals surface area (Å²) in [7, 11) is -3.02. The molecule has 1 amide bonds. The third kappa shape index (κ3) is 5.15. The number of aliphatic carboxylic acids is 1. The van der Waals surface area contributed by atoms with Crippen LogP contribution >= 0.6 is 0 Å². The number of amides is 1. The SMILES string of the molecule is CCS(=O)(=O)CCCN1CCNC(=O)C1CC(=O)O. The van der Waals surface area contributed by atoms with Gasteiger partial charge in [-0.1, -0.05) is 6.92 Å². The highest BCUT2D eigenvalue weighted by molar-refractivity contribution is 7.91. The van der Waals surface area contributed by atoms with Crippen LogP contribution in [0.4, 0.5) is 0 Å². The molecule has 1 unspecified atom stereocenters. The summed E-state index contributed by atoms with van der Waals surface area (Å²) in [4.78, 5) is 24.1. The summed E-state index contributed by atoms with van der Waals surface area (Å²) < 4.78 is 22.7. The average molecular weight is 292 g/mol. The minimum Gasteiger partial charge on any atom is -0.481 e. The van der Waals surface area contributed by atoms with Crippen molar-refractivity contribution in [1.29, 1.82) is 0 Å². The molecule has 1 rings (SSSR count). The maximum Gasteiger partial charge on any atom is 0.305 e. The fourth-order valence-corrected chi connectivity index (χ4v) is 2.91. The molecule has 0 aromatic rings. The average Bonchev–Trinajstić information content (AvgIpc) is 2.33. The molecule has 1 fully saturated rings. The van der Waals surface area contributed by atoms with Crippen LogP contribution in [0.5, 0.6) is 0 Å². The van der Waals surface area contributed by atoms with Crippen LogP contribution < -0.4 is 5.32 Å². The van der Waals surface area contributed by atoms with Crippen molar-refractivity contribution in [3.05, 3.63) is 0 Å². The Morgan fingerprint density at radius 2 is 2.21 bits per heavy atom. The Balaban J connectivity index is 2.53. The fourth-order valence-electron chi connectivity index (χ4n) is 2.05. The predicted octanol–water partition coefficient (Wildman–Crippen LogP) is -0.914. The van der Waals surface area contributed by atoms with E-state index >= 15 is 0 Å². The number of rotatable bonds is 7. The van der Waals surface area contributed by atoms with Crippen molar-refractivity contribution < 1.29 is 23.1 Å². The van der Waals surface area contributed by atoms with Crippen LogP contribution in [0.15, 0.2) is 0 Å². The number of carboxylic acids is 1. The van der Waals surface area contributed by atoms with Crippen molar-refractivity contribution in [2.24, 2.45) is 0 Å².